The molecule has 8 nitrogen and oxygen atoms in total. The van der Waals surface area contributed by atoms with Crippen LogP contribution in [0.4, 0.5) is 14.7 Å². The molecule has 4 aromatic rings. The van der Waals surface area contributed by atoms with Crippen LogP contribution in [0.3, 0.4) is 0 Å². The van der Waals surface area contributed by atoms with E-state index in [0.29, 0.717) is 23.9 Å². The van der Waals surface area contributed by atoms with Gasteiger partial charge in [0.2, 0.25) is 5.95 Å². The molecule has 0 radical (unpaired) electrons. The van der Waals surface area contributed by atoms with Crippen LogP contribution in [0, 0.1) is 11.6 Å². The zero-order valence-corrected chi connectivity index (χ0v) is 25.6. The van der Waals surface area contributed by atoms with Crippen molar-refractivity contribution >= 4 is 16.9 Å². The summed E-state index contributed by atoms with van der Waals surface area (Å²) in [5, 5.41) is 0. The second kappa shape index (κ2) is 15.1. The van der Waals surface area contributed by atoms with Gasteiger partial charge in [-0.25, -0.2) is 23.0 Å². The number of hydrogen-bond acceptors (Lipinski definition) is 7. The van der Waals surface area contributed by atoms with Gasteiger partial charge in [-0.1, -0.05) is 24.6 Å². The molecule has 0 amide bonds. The van der Waals surface area contributed by atoms with Crippen LogP contribution in [0.15, 0.2) is 84.0 Å². The Balaban J connectivity index is 0.000000484. The first-order valence-corrected chi connectivity index (χ1v) is 15.7. The van der Waals surface area contributed by atoms with Crippen LogP contribution in [-0.2, 0) is 17.5 Å². The molecule has 3 aromatic carbocycles. The molecule has 1 aromatic heterocycles. The summed E-state index contributed by atoms with van der Waals surface area (Å²) in [6.45, 7) is 2.67. The van der Waals surface area contributed by atoms with Gasteiger partial charge in [-0.3, -0.25) is 9.21 Å². The van der Waals surface area contributed by atoms with E-state index in [0.717, 1.165) is 43.5 Å². The summed E-state index contributed by atoms with van der Waals surface area (Å²) >= 11 is 0. The van der Waals surface area contributed by atoms with Crippen molar-refractivity contribution in [3.63, 3.8) is 0 Å². The maximum absolute atomic E-state index is 15.7. The van der Waals surface area contributed by atoms with Crippen molar-refractivity contribution in [3.05, 3.63) is 102 Å². The highest BCUT2D eigenvalue weighted by molar-refractivity contribution is 7.86. The molecule has 0 N–H and O–H groups in total. The van der Waals surface area contributed by atoms with Crippen molar-refractivity contribution in [2.24, 2.45) is 0 Å². The minimum absolute atomic E-state index is 0.0259. The number of fused-ring (bicyclic) bond motifs is 1. The summed E-state index contributed by atoms with van der Waals surface area (Å²) in [7, 11) is 1.16. The molecule has 1 saturated heterocycles. The molecule has 3 heterocycles. The van der Waals surface area contributed by atoms with E-state index >= 15 is 4.39 Å². The second-order valence-electron chi connectivity index (χ2n) is 10.4. The van der Waals surface area contributed by atoms with Crippen molar-refractivity contribution in [2.45, 2.75) is 43.2 Å². The lowest BCUT2D eigenvalue weighted by molar-refractivity contribution is 0.118. The lowest BCUT2D eigenvalue weighted by Crippen LogP contribution is -2.36. The molecule has 0 saturated carbocycles. The maximum Gasteiger partial charge on any atom is 0.237 e. The number of piperidine rings is 1. The summed E-state index contributed by atoms with van der Waals surface area (Å²) in [6, 6.07) is 18.2. The number of halogens is 2. The first-order valence-electron chi connectivity index (χ1n) is 14.6. The number of anilines is 1. The molecular formula is C33H36F2N4O4S. The van der Waals surface area contributed by atoms with E-state index in [1.54, 1.807) is 69.1 Å². The summed E-state index contributed by atoms with van der Waals surface area (Å²) in [4.78, 5) is 11.0. The van der Waals surface area contributed by atoms with Gasteiger partial charge < -0.3 is 14.2 Å². The van der Waals surface area contributed by atoms with Gasteiger partial charge in [0.1, 0.15) is 28.9 Å². The Kier molecular flexibility index (Phi) is 10.7. The molecule has 232 valence electrons. The molecule has 2 aliphatic rings. The van der Waals surface area contributed by atoms with Gasteiger partial charge in [0, 0.05) is 48.1 Å². The number of benzene rings is 3. The number of aromatic nitrogens is 2. The lowest BCUT2D eigenvalue weighted by atomic mass is 9.96. The zero-order chi connectivity index (χ0) is 30.9. The number of hydrogen-bond donors (Lipinski definition) is 0. The Labute approximate surface area is 259 Å². The summed E-state index contributed by atoms with van der Waals surface area (Å²) in [5.74, 6) is 1.27. The Bertz CT molecular complexity index is 1540. The third-order valence-electron chi connectivity index (χ3n) is 7.61. The van der Waals surface area contributed by atoms with Gasteiger partial charge >= 0.3 is 0 Å². The topological polar surface area (TPSA) is 77.0 Å². The fraction of sp³-hybridized carbons (Fsp3) is 0.333. The third kappa shape index (κ3) is 7.51. The van der Waals surface area contributed by atoms with Gasteiger partial charge in [0.25, 0.3) is 0 Å². The number of rotatable bonds is 8. The SMILES string of the molecule is COc1ccc(CN(c2ncccn2)S(=O)c2cc3c(cc2F)C(N2CCCCC2)CCO3)c(OC)c1.Fc1ccccc1. The monoisotopic (exact) mass is 622 g/mol. The number of nitrogens with zero attached hydrogens (tertiary/aromatic N) is 4. The highest BCUT2D eigenvalue weighted by Crippen LogP contribution is 2.40. The summed E-state index contributed by atoms with van der Waals surface area (Å²) in [5.41, 5.74) is 1.55. The van der Waals surface area contributed by atoms with Crippen LogP contribution in [-0.4, -0.2) is 53.0 Å². The molecule has 2 unspecified atom stereocenters. The van der Waals surface area contributed by atoms with E-state index in [2.05, 4.69) is 14.9 Å². The Hall–Kier alpha value is -4.09. The van der Waals surface area contributed by atoms with Gasteiger partial charge in [-0.15, -0.1) is 0 Å². The zero-order valence-electron chi connectivity index (χ0n) is 24.8. The van der Waals surface area contributed by atoms with E-state index in [1.807, 2.05) is 6.07 Å². The minimum Gasteiger partial charge on any atom is -0.497 e. The lowest BCUT2D eigenvalue weighted by Gasteiger charge is -2.38. The Morgan fingerprint density at radius 1 is 0.955 bits per heavy atom. The number of methoxy groups -OCH3 is 2. The second-order valence-corrected chi connectivity index (χ2v) is 11.8. The van der Waals surface area contributed by atoms with Crippen molar-refractivity contribution in [1.82, 2.24) is 14.9 Å². The van der Waals surface area contributed by atoms with Crippen molar-refractivity contribution in [1.29, 1.82) is 0 Å². The maximum atomic E-state index is 15.7. The van der Waals surface area contributed by atoms with Crippen LogP contribution in [0.1, 0.15) is 42.9 Å². The first-order chi connectivity index (χ1) is 21.5. The van der Waals surface area contributed by atoms with E-state index in [4.69, 9.17) is 14.2 Å². The van der Waals surface area contributed by atoms with Gasteiger partial charge in [-0.2, -0.15) is 0 Å². The van der Waals surface area contributed by atoms with Gasteiger partial charge in [-0.05, 0) is 62.3 Å². The normalized spacial score (nSPS) is 16.9. The van der Waals surface area contributed by atoms with Crippen LogP contribution in [0.2, 0.25) is 0 Å². The van der Waals surface area contributed by atoms with Crippen LogP contribution < -0.4 is 18.5 Å². The van der Waals surface area contributed by atoms with Crippen LogP contribution in [0.25, 0.3) is 0 Å². The van der Waals surface area contributed by atoms with E-state index in [-0.39, 0.29) is 29.2 Å². The molecule has 44 heavy (non-hydrogen) atoms. The Morgan fingerprint density at radius 3 is 2.36 bits per heavy atom. The van der Waals surface area contributed by atoms with Crippen LogP contribution >= 0.6 is 0 Å². The highest BCUT2D eigenvalue weighted by atomic mass is 32.2. The molecule has 6 rings (SSSR count). The first kappa shape index (κ1) is 31.3. The standard InChI is InChI=1S/C27H31FN4O4S.C6H5F/c1-34-20-8-7-19(24(15-20)35-2)18-32(27-29-10-6-11-30-27)37(33)26-17-25-21(16-22(26)28)23(9-14-36-25)31-12-4-3-5-13-31;7-6-4-2-1-3-5-6/h6-8,10-11,15-17,23H,3-5,9,12-14,18H2,1-2H3;1-5H. The predicted molar refractivity (Wildman–Crippen MR) is 165 cm³/mol. The molecule has 2 atom stereocenters. The van der Waals surface area contributed by atoms with Crippen molar-refractivity contribution in [3.8, 4) is 17.2 Å². The highest BCUT2D eigenvalue weighted by Gasteiger charge is 2.31. The van der Waals surface area contributed by atoms with E-state index < -0.39 is 16.8 Å². The summed E-state index contributed by atoms with van der Waals surface area (Å²) in [6.07, 6.45) is 7.47. The fourth-order valence-corrected chi connectivity index (χ4v) is 6.58. The molecule has 1 fully saturated rings. The smallest absolute Gasteiger partial charge is 0.237 e. The Morgan fingerprint density at radius 2 is 1.70 bits per heavy atom. The molecule has 0 aliphatic carbocycles. The molecule has 0 spiro atoms. The van der Waals surface area contributed by atoms with Crippen molar-refractivity contribution < 1.29 is 27.2 Å². The van der Waals surface area contributed by atoms with Gasteiger partial charge in [0.15, 0.2) is 11.0 Å². The van der Waals surface area contributed by atoms with Crippen LogP contribution in [0.5, 0.6) is 17.2 Å². The quantitative estimate of drug-likeness (QED) is 0.222. The number of likely N-dealkylation sites (tertiary alicyclic amines) is 1. The average Bonchev–Trinajstić information content (AvgIpc) is 3.07. The molecule has 2 aliphatic heterocycles. The predicted octanol–water partition coefficient (Wildman–Crippen LogP) is 6.50. The number of ether oxygens (including phenoxy) is 3. The largest absolute Gasteiger partial charge is 0.497 e. The minimum atomic E-state index is -1.96. The third-order valence-corrected chi connectivity index (χ3v) is 8.99. The van der Waals surface area contributed by atoms with Gasteiger partial charge in [0.05, 0.1) is 32.3 Å². The van der Waals surface area contributed by atoms with E-state index in [1.165, 1.54) is 28.9 Å². The average molecular weight is 623 g/mol. The van der Waals surface area contributed by atoms with E-state index in [9.17, 15) is 8.60 Å². The van der Waals surface area contributed by atoms with Crippen molar-refractivity contribution in [2.75, 3.05) is 38.2 Å². The molecule has 11 heteroatoms. The molecular weight excluding hydrogens is 586 g/mol. The molecule has 0 bridgehead atoms. The summed E-state index contributed by atoms with van der Waals surface area (Å²) < 4.78 is 59.7. The fourth-order valence-electron chi connectivity index (χ4n) is 5.41.